The Hall–Kier alpha value is -1.59. The second kappa shape index (κ2) is 3.47. The highest BCUT2D eigenvalue weighted by molar-refractivity contribution is 6.38. The summed E-state index contributed by atoms with van der Waals surface area (Å²) < 4.78 is 0. The molecular formula is C9H5Cl2N5. The van der Waals surface area contributed by atoms with Crippen LogP contribution in [0.25, 0.3) is 22.4 Å². The lowest BCUT2D eigenvalue weighted by Gasteiger charge is -1.94. The smallest absolute Gasteiger partial charge is 0.220 e. The summed E-state index contributed by atoms with van der Waals surface area (Å²) in [6.45, 7) is 0. The molecule has 0 spiro atoms. The Balaban J connectivity index is 2.27. The van der Waals surface area contributed by atoms with Crippen LogP contribution in [0.3, 0.4) is 0 Å². The summed E-state index contributed by atoms with van der Waals surface area (Å²) in [5.74, 6) is 0.489. The monoisotopic (exact) mass is 253 g/mol. The Kier molecular flexibility index (Phi) is 2.08. The second-order valence-electron chi connectivity index (χ2n) is 3.27. The van der Waals surface area contributed by atoms with Gasteiger partial charge in [0.1, 0.15) is 0 Å². The van der Waals surface area contributed by atoms with Crippen LogP contribution in [-0.4, -0.2) is 25.6 Å². The van der Waals surface area contributed by atoms with E-state index >= 15 is 0 Å². The molecule has 2 aromatic heterocycles. The summed E-state index contributed by atoms with van der Waals surface area (Å²) in [7, 11) is 0. The first-order chi connectivity index (χ1) is 7.74. The van der Waals surface area contributed by atoms with E-state index in [1.807, 2.05) is 6.07 Å². The van der Waals surface area contributed by atoms with Gasteiger partial charge in [-0.1, -0.05) is 23.2 Å². The van der Waals surface area contributed by atoms with Crippen LogP contribution in [0, 0.1) is 0 Å². The van der Waals surface area contributed by atoms with Crippen molar-refractivity contribution in [2.24, 2.45) is 0 Å². The van der Waals surface area contributed by atoms with Crippen molar-refractivity contribution < 1.29 is 0 Å². The van der Waals surface area contributed by atoms with Crippen molar-refractivity contribution in [2.45, 2.75) is 0 Å². The van der Waals surface area contributed by atoms with Gasteiger partial charge in [-0.15, -0.1) is 10.2 Å². The molecule has 16 heavy (non-hydrogen) atoms. The van der Waals surface area contributed by atoms with Gasteiger partial charge in [0.25, 0.3) is 0 Å². The van der Waals surface area contributed by atoms with Crippen LogP contribution >= 0.6 is 23.2 Å². The van der Waals surface area contributed by atoms with Crippen molar-refractivity contribution in [1.29, 1.82) is 0 Å². The van der Waals surface area contributed by atoms with Gasteiger partial charge in [-0.2, -0.15) is 5.21 Å². The maximum absolute atomic E-state index is 6.07. The molecule has 5 nitrogen and oxygen atoms in total. The third-order valence-corrected chi connectivity index (χ3v) is 2.77. The quantitative estimate of drug-likeness (QED) is 0.701. The highest BCUT2D eigenvalue weighted by Gasteiger charge is 2.10. The molecule has 0 aliphatic carbocycles. The number of hydrogen-bond acceptors (Lipinski definition) is 3. The number of hydrogen-bond donors (Lipinski definition) is 2. The summed E-state index contributed by atoms with van der Waals surface area (Å²) in [6, 6.07) is 5.35. The van der Waals surface area contributed by atoms with Gasteiger partial charge in [-0.3, -0.25) is 0 Å². The first kappa shape index (κ1) is 9.62. The van der Waals surface area contributed by atoms with E-state index in [-0.39, 0.29) is 0 Å². The third kappa shape index (κ3) is 1.45. The van der Waals surface area contributed by atoms with Crippen LogP contribution in [0.5, 0.6) is 0 Å². The molecule has 0 fully saturated rings. The van der Waals surface area contributed by atoms with Crippen molar-refractivity contribution in [1.82, 2.24) is 25.6 Å². The molecule has 7 heteroatoms. The van der Waals surface area contributed by atoms with Gasteiger partial charge in [-0.25, -0.2) is 0 Å². The normalized spacial score (nSPS) is 11.1. The molecule has 3 rings (SSSR count). The minimum absolute atomic E-state index is 0.489. The summed E-state index contributed by atoms with van der Waals surface area (Å²) >= 11 is 12.0. The molecule has 3 aromatic rings. The molecule has 2 N–H and O–H groups in total. The molecule has 0 unspecified atom stereocenters. The second-order valence-corrected chi connectivity index (χ2v) is 4.11. The van der Waals surface area contributed by atoms with Gasteiger partial charge in [0, 0.05) is 15.9 Å². The summed E-state index contributed by atoms with van der Waals surface area (Å²) in [4.78, 5) is 3.13. The average Bonchev–Trinajstić information content (AvgIpc) is 2.82. The van der Waals surface area contributed by atoms with E-state index in [0.717, 1.165) is 16.6 Å². The van der Waals surface area contributed by atoms with E-state index in [1.54, 1.807) is 12.1 Å². The first-order valence-corrected chi connectivity index (χ1v) is 5.21. The highest BCUT2D eigenvalue weighted by Crippen LogP contribution is 2.30. The van der Waals surface area contributed by atoms with E-state index in [9.17, 15) is 0 Å². The standard InChI is InChI=1S/C9H5Cl2N5/c10-4-1-6(11)5-3-8(12-7(5)2-4)9-13-15-16-14-9/h1-3,12H,(H,13,14,15,16). The first-order valence-electron chi connectivity index (χ1n) is 4.45. The molecule has 80 valence electrons. The van der Waals surface area contributed by atoms with Crippen LogP contribution in [-0.2, 0) is 0 Å². The highest BCUT2D eigenvalue weighted by atomic mass is 35.5. The number of aromatic nitrogens is 5. The molecule has 0 aliphatic heterocycles. The topological polar surface area (TPSA) is 70.2 Å². The van der Waals surface area contributed by atoms with Crippen molar-refractivity contribution in [3.8, 4) is 11.5 Å². The summed E-state index contributed by atoms with van der Waals surface area (Å²) in [5, 5.41) is 15.7. The number of tetrazole rings is 1. The van der Waals surface area contributed by atoms with Crippen LogP contribution in [0.4, 0.5) is 0 Å². The minimum Gasteiger partial charge on any atom is -0.352 e. The number of rotatable bonds is 1. The van der Waals surface area contributed by atoms with Gasteiger partial charge >= 0.3 is 0 Å². The van der Waals surface area contributed by atoms with E-state index in [0.29, 0.717) is 15.9 Å². The van der Waals surface area contributed by atoms with Crippen molar-refractivity contribution in [2.75, 3.05) is 0 Å². The number of fused-ring (bicyclic) bond motifs is 1. The van der Waals surface area contributed by atoms with E-state index < -0.39 is 0 Å². The Morgan fingerprint density at radius 1 is 1.12 bits per heavy atom. The van der Waals surface area contributed by atoms with Crippen molar-refractivity contribution >= 4 is 34.1 Å². The van der Waals surface area contributed by atoms with Crippen molar-refractivity contribution in [3.63, 3.8) is 0 Å². The molecule has 2 heterocycles. The van der Waals surface area contributed by atoms with Crippen LogP contribution in [0.1, 0.15) is 0 Å². The van der Waals surface area contributed by atoms with Gasteiger partial charge < -0.3 is 4.98 Å². The minimum atomic E-state index is 0.489. The Morgan fingerprint density at radius 3 is 2.75 bits per heavy atom. The van der Waals surface area contributed by atoms with Crippen LogP contribution < -0.4 is 0 Å². The van der Waals surface area contributed by atoms with E-state index in [4.69, 9.17) is 23.2 Å². The zero-order valence-electron chi connectivity index (χ0n) is 7.83. The lowest BCUT2D eigenvalue weighted by Crippen LogP contribution is -1.79. The van der Waals surface area contributed by atoms with Crippen molar-refractivity contribution in [3.05, 3.63) is 28.2 Å². The maximum atomic E-state index is 6.07. The molecule has 0 amide bonds. The van der Waals surface area contributed by atoms with E-state index in [1.165, 1.54) is 0 Å². The predicted octanol–water partition coefficient (Wildman–Crippen LogP) is 2.65. The van der Waals surface area contributed by atoms with Crippen LogP contribution in [0.2, 0.25) is 10.0 Å². The Bertz CT molecular complexity index is 643. The zero-order valence-corrected chi connectivity index (χ0v) is 9.34. The van der Waals surface area contributed by atoms with E-state index in [2.05, 4.69) is 25.6 Å². The fraction of sp³-hybridized carbons (Fsp3) is 0. The summed E-state index contributed by atoms with van der Waals surface area (Å²) in [6.07, 6.45) is 0. The number of aromatic amines is 2. The zero-order chi connectivity index (χ0) is 11.1. The number of nitrogens with one attached hydrogen (secondary N) is 2. The Morgan fingerprint density at radius 2 is 2.00 bits per heavy atom. The number of halogens is 2. The predicted molar refractivity (Wildman–Crippen MR) is 61.5 cm³/mol. The molecule has 0 bridgehead atoms. The lowest BCUT2D eigenvalue weighted by atomic mass is 10.2. The summed E-state index contributed by atoms with van der Waals surface area (Å²) in [5.41, 5.74) is 1.59. The fourth-order valence-electron chi connectivity index (χ4n) is 1.56. The molecule has 0 saturated carbocycles. The number of H-pyrrole nitrogens is 2. The Labute approximate surface area is 99.8 Å². The number of nitrogens with zero attached hydrogens (tertiary/aromatic N) is 3. The largest absolute Gasteiger partial charge is 0.352 e. The lowest BCUT2D eigenvalue weighted by molar-refractivity contribution is 0.881. The van der Waals surface area contributed by atoms with Gasteiger partial charge in [0.05, 0.1) is 10.7 Å². The van der Waals surface area contributed by atoms with Gasteiger partial charge in [0.2, 0.25) is 5.82 Å². The molecule has 0 aliphatic rings. The molecule has 0 radical (unpaired) electrons. The maximum Gasteiger partial charge on any atom is 0.220 e. The fourth-order valence-corrected chi connectivity index (χ4v) is 2.10. The molecule has 1 aromatic carbocycles. The average molecular weight is 254 g/mol. The van der Waals surface area contributed by atoms with Crippen LogP contribution in [0.15, 0.2) is 18.2 Å². The van der Waals surface area contributed by atoms with Gasteiger partial charge in [-0.05, 0) is 23.4 Å². The number of benzene rings is 1. The third-order valence-electron chi connectivity index (χ3n) is 2.24. The molecule has 0 atom stereocenters. The molecular weight excluding hydrogens is 249 g/mol. The SMILES string of the molecule is Clc1cc(Cl)c2cc(-c3nn[nH]n3)[nH]c2c1. The van der Waals surface area contributed by atoms with Gasteiger partial charge in [0.15, 0.2) is 0 Å². The molecule has 0 saturated heterocycles.